The van der Waals surface area contributed by atoms with Gasteiger partial charge in [0.15, 0.2) is 0 Å². The molecule has 4 aromatic rings. The smallest absolute Gasteiger partial charge is 0.0503 e. The Labute approximate surface area is 173 Å². The largest absolute Gasteiger partial charge is 0.354 e. The molecular formula is C24H23IN2. The van der Waals surface area contributed by atoms with E-state index in [1.165, 1.54) is 42.4 Å². The van der Waals surface area contributed by atoms with Crippen LogP contribution in [0.1, 0.15) is 18.4 Å². The van der Waals surface area contributed by atoms with Crippen LogP contribution in [-0.4, -0.2) is 11.5 Å². The molecule has 0 amide bonds. The minimum atomic E-state index is 0.746. The van der Waals surface area contributed by atoms with Gasteiger partial charge in [0.1, 0.15) is 0 Å². The highest BCUT2D eigenvalue weighted by Crippen LogP contribution is 2.37. The van der Waals surface area contributed by atoms with Gasteiger partial charge in [-0.3, -0.25) is 0 Å². The normalized spacial score (nSPS) is 11.2. The Morgan fingerprint density at radius 2 is 1.56 bits per heavy atom. The van der Waals surface area contributed by atoms with Crippen LogP contribution < -0.4 is 5.73 Å². The lowest BCUT2D eigenvalue weighted by Crippen LogP contribution is -1.99. The van der Waals surface area contributed by atoms with Crippen molar-refractivity contribution in [1.29, 1.82) is 0 Å². The van der Waals surface area contributed by atoms with Gasteiger partial charge < -0.3 is 10.7 Å². The quantitative estimate of drug-likeness (QED) is 0.251. The topological polar surface area (TPSA) is 41.8 Å². The molecule has 2 nitrogen and oxygen atoms in total. The summed E-state index contributed by atoms with van der Waals surface area (Å²) in [5.74, 6) is 0. The van der Waals surface area contributed by atoms with Crippen molar-refractivity contribution in [2.24, 2.45) is 5.73 Å². The number of benzene rings is 3. The first-order valence-corrected chi connectivity index (χ1v) is 10.5. The summed E-state index contributed by atoms with van der Waals surface area (Å²) in [6.45, 7) is 0.746. The van der Waals surface area contributed by atoms with Crippen LogP contribution in [0.25, 0.3) is 33.3 Å². The van der Waals surface area contributed by atoms with Gasteiger partial charge >= 0.3 is 0 Å². The second-order valence-corrected chi connectivity index (χ2v) is 8.07. The maximum absolute atomic E-state index is 5.75. The zero-order valence-corrected chi connectivity index (χ0v) is 17.4. The fourth-order valence-electron chi connectivity index (χ4n) is 3.73. The number of unbranched alkanes of at least 4 members (excludes halogenated alkanes) is 1. The molecule has 3 heteroatoms. The summed E-state index contributed by atoms with van der Waals surface area (Å²) in [6, 6.07) is 25.9. The van der Waals surface area contributed by atoms with Crippen molar-refractivity contribution in [1.82, 2.24) is 4.98 Å². The van der Waals surface area contributed by atoms with Crippen LogP contribution in [0.2, 0.25) is 0 Å². The summed E-state index contributed by atoms with van der Waals surface area (Å²) in [7, 11) is 0. The lowest BCUT2D eigenvalue weighted by Gasteiger charge is -2.11. The van der Waals surface area contributed by atoms with Gasteiger partial charge in [-0.05, 0) is 83.3 Å². The molecule has 3 aromatic carbocycles. The Morgan fingerprint density at radius 3 is 2.33 bits per heavy atom. The lowest BCUT2D eigenvalue weighted by molar-refractivity contribution is 0.748. The summed E-state index contributed by atoms with van der Waals surface area (Å²) >= 11 is 2.40. The third-order valence-electron chi connectivity index (χ3n) is 5.03. The van der Waals surface area contributed by atoms with E-state index in [4.69, 9.17) is 5.73 Å². The number of fused-ring (bicyclic) bond motifs is 1. The number of rotatable bonds is 6. The number of aromatic amines is 1. The maximum Gasteiger partial charge on any atom is 0.0503 e. The highest BCUT2D eigenvalue weighted by Gasteiger charge is 2.16. The number of nitrogens with two attached hydrogens (primary N) is 1. The third-order valence-corrected chi connectivity index (χ3v) is 5.70. The van der Waals surface area contributed by atoms with Gasteiger partial charge in [-0.1, -0.05) is 54.6 Å². The lowest BCUT2D eigenvalue weighted by atomic mass is 9.94. The molecule has 1 heterocycles. The first-order valence-electron chi connectivity index (χ1n) is 9.43. The summed E-state index contributed by atoms with van der Waals surface area (Å²) in [4.78, 5) is 3.71. The molecule has 0 saturated carbocycles. The average Bonchev–Trinajstić information content (AvgIpc) is 3.06. The zero-order chi connectivity index (χ0) is 18.6. The van der Waals surface area contributed by atoms with E-state index < -0.39 is 0 Å². The molecule has 0 bridgehead atoms. The summed E-state index contributed by atoms with van der Waals surface area (Å²) in [5.41, 5.74) is 13.4. The fraction of sp³-hybridized carbons (Fsp3) is 0.167. The molecule has 0 spiro atoms. The van der Waals surface area contributed by atoms with Crippen molar-refractivity contribution < 1.29 is 0 Å². The van der Waals surface area contributed by atoms with E-state index >= 15 is 0 Å². The summed E-state index contributed by atoms with van der Waals surface area (Å²) < 4.78 is 1.27. The number of nitrogens with one attached hydrogen (secondary N) is 1. The minimum absolute atomic E-state index is 0.746. The molecule has 0 fully saturated rings. The van der Waals surface area contributed by atoms with E-state index in [1.807, 2.05) is 0 Å². The fourth-order valence-corrected chi connectivity index (χ4v) is 4.22. The first kappa shape index (κ1) is 18.3. The molecule has 0 atom stereocenters. The molecule has 0 radical (unpaired) electrons. The molecule has 0 aliphatic heterocycles. The second kappa shape index (κ2) is 8.28. The van der Waals surface area contributed by atoms with Crippen LogP contribution in [0.5, 0.6) is 0 Å². The molecule has 1 aromatic heterocycles. The average molecular weight is 466 g/mol. The number of aryl methyl sites for hydroxylation is 1. The number of hydrogen-bond donors (Lipinski definition) is 2. The number of halogens is 1. The standard InChI is InChI=1S/C24H23IN2/c25-18-13-14-23-22(16-18)21(12-6-7-15-26)24(27-23)20-11-5-4-10-19(20)17-8-2-1-3-9-17/h1-5,8-11,13-14,16,27H,6-7,12,15,26H2. The Morgan fingerprint density at radius 1 is 0.815 bits per heavy atom. The van der Waals surface area contributed by atoms with E-state index in [-0.39, 0.29) is 0 Å². The van der Waals surface area contributed by atoms with Crippen molar-refractivity contribution in [2.75, 3.05) is 6.54 Å². The van der Waals surface area contributed by atoms with Crippen LogP contribution in [0, 0.1) is 3.57 Å². The Bertz CT molecular complexity index is 1050. The van der Waals surface area contributed by atoms with Crippen molar-refractivity contribution in [3.05, 3.63) is 81.9 Å². The predicted molar refractivity (Wildman–Crippen MR) is 124 cm³/mol. The van der Waals surface area contributed by atoms with Crippen molar-refractivity contribution in [3.8, 4) is 22.4 Å². The van der Waals surface area contributed by atoms with Gasteiger partial charge in [0.05, 0.1) is 5.69 Å². The molecule has 4 rings (SSSR count). The van der Waals surface area contributed by atoms with Crippen LogP contribution in [0.15, 0.2) is 72.8 Å². The number of H-pyrrole nitrogens is 1. The van der Waals surface area contributed by atoms with Crippen molar-refractivity contribution in [3.63, 3.8) is 0 Å². The van der Waals surface area contributed by atoms with Gasteiger partial charge in [0.25, 0.3) is 0 Å². The van der Waals surface area contributed by atoms with Crippen LogP contribution in [-0.2, 0) is 6.42 Å². The second-order valence-electron chi connectivity index (χ2n) is 6.83. The Balaban J connectivity index is 1.90. The Hall–Kier alpha value is -2.11. The zero-order valence-electron chi connectivity index (χ0n) is 15.2. The Kier molecular flexibility index (Phi) is 5.60. The molecule has 0 aliphatic carbocycles. The van der Waals surface area contributed by atoms with E-state index in [2.05, 4.69) is 100 Å². The van der Waals surface area contributed by atoms with Gasteiger partial charge in [-0.2, -0.15) is 0 Å². The molecule has 0 saturated heterocycles. The summed E-state index contributed by atoms with van der Waals surface area (Å²) in [6.07, 6.45) is 3.20. The highest BCUT2D eigenvalue weighted by molar-refractivity contribution is 14.1. The first-order chi connectivity index (χ1) is 13.3. The summed E-state index contributed by atoms with van der Waals surface area (Å²) in [5, 5.41) is 1.33. The van der Waals surface area contributed by atoms with E-state index in [1.54, 1.807) is 0 Å². The van der Waals surface area contributed by atoms with Crippen molar-refractivity contribution >= 4 is 33.5 Å². The van der Waals surface area contributed by atoms with Crippen molar-refractivity contribution in [2.45, 2.75) is 19.3 Å². The van der Waals surface area contributed by atoms with Gasteiger partial charge in [-0.15, -0.1) is 0 Å². The van der Waals surface area contributed by atoms with E-state index in [9.17, 15) is 0 Å². The maximum atomic E-state index is 5.75. The molecule has 0 aliphatic rings. The molecule has 27 heavy (non-hydrogen) atoms. The monoisotopic (exact) mass is 466 g/mol. The molecular weight excluding hydrogens is 443 g/mol. The number of aromatic nitrogens is 1. The molecule has 0 unspecified atom stereocenters. The number of hydrogen-bond acceptors (Lipinski definition) is 1. The minimum Gasteiger partial charge on any atom is -0.354 e. The molecule has 3 N–H and O–H groups in total. The van der Waals surface area contributed by atoms with Crippen LogP contribution >= 0.6 is 22.6 Å². The van der Waals surface area contributed by atoms with Gasteiger partial charge in [-0.25, -0.2) is 0 Å². The van der Waals surface area contributed by atoms with Crippen LogP contribution in [0.4, 0.5) is 0 Å². The van der Waals surface area contributed by atoms with Gasteiger partial charge in [0.2, 0.25) is 0 Å². The predicted octanol–water partition coefficient (Wildman–Crippen LogP) is 6.39. The van der Waals surface area contributed by atoms with Crippen LogP contribution in [0.3, 0.4) is 0 Å². The highest BCUT2D eigenvalue weighted by atomic mass is 127. The van der Waals surface area contributed by atoms with E-state index in [0.717, 1.165) is 25.8 Å². The SMILES string of the molecule is NCCCCc1c(-c2ccccc2-c2ccccc2)[nH]c2ccc(I)cc12. The van der Waals surface area contributed by atoms with E-state index in [0.29, 0.717) is 0 Å². The molecule has 136 valence electrons. The third kappa shape index (κ3) is 3.80. The van der Waals surface area contributed by atoms with Gasteiger partial charge in [0, 0.05) is 20.0 Å².